The molecule has 0 aliphatic carbocycles. The molecule has 13 heteroatoms. The molecule has 3 aliphatic rings. The number of hydrogen-bond acceptors (Lipinski definition) is 11. The van der Waals surface area contributed by atoms with Crippen LogP contribution >= 0.6 is 11.8 Å². The molecule has 39 heavy (non-hydrogen) atoms. The van der Waals surface area contributed by atoms with Gasteiger partial charge in [-0.15, -0.1) is 11.8 Å². The van der Waals surface area contributed by atoms with E-state index in [0.717, 1.165) is 41.6 Å². The van der Waals surface area contributed by atoms with E-state index in [-0.39, 0.29) is 17.1 Å². The number of rotatable bonds is 6. The van der Waals surface area contributed by atoms with E-state index in [0.29, 0.717) is 50.1 Å². The van der Waals surface area contributed by atoms with Crippen LogP contribution in [0.5, 0.6) is 0 Å². The Bertz CT molecular complexity index is 1410. The summed E-state index contributed by atoms with van der Waals surface area (Å²) in [5.74, 6) is 1.96. The number of nitrogen functional groups attached to an aromatic ring is 1. The zero-order chi connectivity index (χ0) is 27.0. The van der Waals surface area contributed by atoms with Crippen LogP contribution in [0.15, 0.2) is 52.5 Å². The van der Waals surface area contributed by atoms with Crippen LogP contribution in [0, 0.1) is 0 Å². The van der Waals surface area contributed by atoms with E-state index in [9.17, 15) is 8.42 Å². The van der Waals surface area contributed by atoms with Crippen LogP contribution in [-0.4, -0.2) is 102 Å². The van der Waals surface area contributed by atoms with Crippen molar-refractivity contribution >= 4 is 33.6 Å². The Morgan fingerprint density at radius 3 is 2.38 bits per heavy atom. The Kier molecular flexibility index (Phi) is 7.42. The van der Waals surface area contributed by atoms with Crippen molar-refractivity contribution in [1.82, 2.24) is 29.1 Å². The monoisotopic (exact) mass is 568 g/mol. The number of benzene rings is 1. The molecule has 2 N–H and O–H groups in total. The molecular weight excluding hydrogens is 536 g/mol. The SMILES string of the molecule is CC1c2nc(-c3cnc(N)nc3)nc(N3CCOCC3)c2SC1CN1CCN(S(=O)(=O)c2ccccc2)CC1. The van der Waals surface area contributed by atoms with E-state index in [4.69, 9.17) is 20.4 Å². The second-order valence-corrected chi connectivity index (χ2v) is 13.2. The van der Waals surface area contributed by atoms with Crippen molar-refractivity contribution in [2.75, 3.05) is 69.7 Å². The summed E-state index contributed by atoms with van der Waals surface area (Å²) >= 11 is 1.84. The Balaban J connectivity index is 1.19. The lowest BCUT2D eigenvalue weighted by molar-refractivity contribution is 0.122. The number of hydrogen-bond donors (Lipinski definition) is 1. The molecule has 2 unspecified atom stereocenters. The van der Waals surface area contributed by atoms with E-state index >= 15 is 0 Å². The van der Waals surface area contributed by atoms with Gasteiger partial charge in [0.2, 0.25) is 16.0 Å². The first-order valence-corrected chi connectivity index (χ1v) is 15.5. The van der Waals surface area contributed by atoms with Crippen LogP contribution in [0.3, 0.4) is 0 Å². The van der Waals surface area contributed by atoms with E-state index in [1.54, 1.807) is 41.0 Å². The van der Waals surface area contributed by atoms with Gasteiger partial charge in [-0.3, -0.25) is 4.90 Å². The van der Waals surface area contributed by atoms with Crippen molar-refractivity contribution in [3.05, 3.63) is 48.4 Å². The third-order valence-corrected chi connectivity index (χ3v) is 10.9. The lowest BCUT2D eigenvalue weighted by Crippen LogP contribution is -2.50. The van der Waals surface area contributed by atoms with Gasteiger partial charge in [-0.2, -0.15) is 4.31 Å². The Morgan fingerprint density at radius 1 is 1.00 bits per heavy atom. The van der Waals surface area contributed by atoms with Gasteiger partial charge in [0.1, 0.15) is 5.82 Å². The molecule has 0 amide bonds. The largest absolute Gasteiger partial charge is 0.378 e. The molecule has 1 aromatic carbocycles. The molecule has 5 heterocycles. The van der Waals surface area contributed by atoms with Crippen LogP contribution in [0.2, 0.25) is 0 Å². The van der Waals surface area contributed by atoms with Gasteiger partial charge in [-0.05, 0) is 12.1 Å². The zero-order valence-electron chi connectivity index (χ0n) is 21.8. The highest BCUT2D eigenvalue weighted by Gasteiger charge is 2.38. The Morgan fingerprint density at radius 2 is 1.69 bits per heavy atom. The van der Waals surface area contributed by atoms with Crippen molar-refractivity contribution in [3.63, 3.8) is 0 Å². The molecule has 0 saturated carbocycles. The fourth-order valence-corrected chi connectivity index (χ4v) is 8.22. The van der Waals surface area contributed by atoms with Gasteiger partial charge >= 0.3 is 0 Å². The third kappa shape index (κ3) is 5.33. The average molecular weight is 569 g/mol. The number of ether oxygens (including phenoxy) is 1. The van der Waals surface area contributed by atoms with Crippen LogP contribution < -0.4 is 10.6 Å². The molecule has 2 saturated heterocycles. The highest BCUT2D eigenvalue weighted by atomic mass is 32.2. The zero-order valence-corrected chi connectivity index (χ0v) is 23.4. The first-order chi connectivity index (χ1) is 18.9. The molecule has 0 radical (unpaired) electrons. The quantitative estimate of drug-likeness (QED) is 0.468. The van der Waals surface area contributed by atoms with Crippen molar-refractivity contribution in [2.45, 2.75) is 27.9 Å². The van der Waals surface area contributed by atoms with Gasteiger partial charge < -0.3 is 15.4 Å². The molecule has 3 aromatic rings. The predicted molar refractivity (Wildman–Crippen MR) is 150 cm³/mol. The second kappa shape index (κ2) is 11.0. The molecule has 0 bridgehead atoms. The van der Waals surface area contributed by atoms with E-state index in [1.165, 1.54) is 0 Å². The van der Waals surface area contributed by atoms with Crippen LogP contribution in [0.25, 0.3) is 11.4 Å². The van der Waals surface area contributed by atoms with Gasteiger partial charge in [0, 0.05) is 69.4 Å². The maximum absolute atomic E-state index is 13.1. The summed E-state index contributed by atoms with van der Waals surface area (Å²) in [6.07, 6.45) is 3.33. The second-order valence-electron chi connectivity index (χ2n) is 9.98. The molecule has 2 aromatic heterocycles. The molecule has 11 nitrogen and oxygen atoms in total. The molecular formula is C26H32N8O3S2. The maximum Gasteiger partial charge on any atom is 0.243 e. The lowest BCUT2D eigenvalue weighted by atomic mass is 10.0. The average Bonchev–Trinajstić information content (AvgIpc) is 3.29. The van der Waals surface area contributed by atoms with Crippen molar-refractivity contribution in [3.8, 4) is 11.4 Å². The summed E-state index contributed by atoms with van der Waals surface area (Å²) < 4.78 is 33.3. The van der Waals surface area contributed by atoms with E-state index < -0.39 is 10.0 Å². The third-order valence-electron chi connectivity index (χ3n) is 7.52. The minimum Gasteiger partial charge on any atom is -0.378 e. The van der Waals surface area contributed by atoms with E-state index in [2.05, 4.69) is 26.7 Å². The molecule has 2 fully saturated rings. The van der Waals surface area contributed by atoms with Crippen molar-refractivity contribution < 1.29 is 13.2 Å². The topological polar surface area (TPSA) is 131 Å². The van der Waals surface area contributed by atoms with Gasteiger partial charge in [-0.1, -0.05) is 25.1 Å². The van der Waals surface area contributed by atoms with Crippen molar-refractivity contribution in [2.24, 2.45) is 0 Å². The number of aromatic nitrogens is 4. The number of nitrogens with two attached hydrogens (primary N) is 1. The summed E-state index contributed by atoms with van der Waals surface area (Å²) in [7, 11) is -3.47. The van der Waals surface area contributed by atoms with Crippen LogP contribution in [0.1, 0.15) is 18.5 Å². The van der Waals surface area contributed by atoms with Gasteiger partial charge in [0.15, 0.2) is 5.82 Å². The van der Waals surface area contributed by atoms with Gasteiger partial charge in [-0.25, -0.2) is 28.4 Å². The predicted octanol–water partition coefficient (Wildman–Crippen LogP) is 1.94. The molecule has 206 valence electrons. The molecule has 6 rings (SSSR count). The summed E-state index contributed by atoms with van der Waals surface area (Å²) in [6, 6.07) is 8.68. The summed E-state index contributed by atoms with van der Waals surface area (Å²) in [4.78, 5) is 24.4. The van der Waals surface area contributed by atoms with Crippen molar-refractivity contribution in [1.29, 1.82) is 0 Å². The summed E-state index contributed by atoms with van der Waals surface area (Å²) in [5, 5.41) is 0.282. The highest BCUT2D eigenvalue weighted by molar-refractivity contribution is 8.00. The summed E-state index contributed by atoms with van der Waals surface area (Å²) in [5.41, 5.74) is 7.48. The number of thioether (sulfide) groups is 1. The fraction of sp³-hybridized carbons (Fsp3) is 0.462. The number of sulfonamides is 1. The molecule has 3 aliphatic heterocycles. The van der Waals surface area contributed by atoms with Crippen LogP contribution in [-0.2, 0) is 14.8 Å². The molecule has 0 spiro atoms. The standard InChI is InChI=1S/C26H32N8O3S2/c1-18-21(17-32-7-9-34(10-8-32)39(35,36)20-5-3-2-4-6-20)38-23-22(18)30-24(19-15-28-26(27)29-16-19)31-25(23)33-11-13-37-14-12-33/h2-6,15-16,18,21H,7-14,17H2,1H3,(H2,27,28,29). The van der Waals surface area contributed by atoms with Gasteiger partial charge in [0.25, 0.3) is 0 Å². The normalized spacial score (nSPS) is 22.6. The van der Waals surface area contributed by atoms with Crippen LogP contribution in [0.4, 0.5) is 11.8 Å². The Labute approximate surface area is 232 Å². The first kappa shape index (κ1) is 26.4. The maximum atomic E-state index is 13.1. The minimum absolute atomic E-state index is 0.201. The van der Waals surface area contributed by atoms with Gasteiger partial charge in [0.05, 0.1) is 34.3 Å². The number of fused-ring (bicyclic) bond motifs is 1. The highest BCUT2D eigenvalue weighted by Crippen LogP contribution is 2.49. The number of anilines is 2. The van der Waals surface area contributed by atoms with E-state index in [1.807, 2.05) is 17.8 Å². The summed E-state index contributed by atoms with van der Waals surface area (Å²) in [6.45, 7) is 8.31. The smallest absolute Gasteiger partial charge is 0.243 e. The minimum atomic E-state index is -3.47. The Hall–Kier alpha value is -2.84. The molecule has 2 atom stereocenters. The number of morpholine rings is 1. The lowest BCUT2D eigenvalue weighted by Gasteiger charge is -2.35. The first-order valence-electron chi connectivity index (χ1n) is 13.2. The number of piperazine rings is 1. The fourth-order valence-electron chi connectivity index (χ4n) is 5.22. The number of nitrogens with zero attached hydrogens (tertiary/aromatic N) is 7.